The summed E-state index contributed by atoms with van der Waals surface area (Å²) in [7, 11) is 3.97. The quantitative estimate of drug-likeness (QED) is 0.524. The Morgan fingerprint density at radius 3 is 2.51 bits per heavy atom. The van der Waals surface area contributed by atoms with Crippen molar-refractivity contribution in [2.75, 3.05) is 33.1 Å². The number of hydrogen-bond donors (Lipinski definition) is 1. The Morgan fingerprint density at radius 1 is 1.11 bits per heavy atom. The Kier molecular flexibility index (Phi) is 7.27. The summed E-state index contributed by atoms with van der Waals surface area (Å²) in [6.07, 6.45) is 3.87. The summed E-state index contributed by atoms with van der Waals surface area (Å²) in [5.41, 5.74) is 4.34. The normalized spacial score (nSPS) is 22.0. The predicted octanol–water partition coefficient (Wildman–Crippen LogP) is 5.06. The average Bonchev–Trinajstić information content (AvgIpc) is 3.53. The molecule has 7 heteroatoms. The highest BCUT2D eigenvalue weighted by molar-refractivity contribution is 8.00. The maximum atomic E-state index is 14.3. The highest BCUT2D eigenvalue weighted by atomic mass is 32.2. The number of aromatic amines is 1. The minimum Gasteiger partial charge on any atom is -0.381 e. The summed E-state index contributed by atoms with van der Waals surface area (Å²) in [5.74, 6) is 2.26. The first-order valence-corrected chi connectivity index (χ1v) is 13.4. The number of ether oxygens (including phenoxy) is 1. The standard InChI is InChI=1S/C28H34N4O2S/c1-19-9-11-20(12-10-19)23-17-29-26(30-23)24-18-35-28(22-13-15-34-16-14-22)32(24)27(33)25(31(2)3)21-7-5-4-6-8-21/h4-12,17,22,24-25,28H,13-16,18H2,1-3H3,(H,29,30)/t24-,25?,28?/m0/s1. The number of hydrogen-bond acceptors (Lipinski definition) is 5. The number of aromatic nitrogens is 2. The van der Waals surface area contributed by atoms with Gasteiger partial charge in [0.25, 0.3) is 0 Å². The van der Waals surface area contributed by atoms with E-state index in [-0.39, 0.29) is 23.4 Å². The van der Waals surface area contributed by atoms with Gasteiger partial charge in [0.05, 0.1) is 17.3 Å². The van der Waals surface area contributed by atoms with Crippen LogP contribution < -0.4 is 0 Å². The molecule has 2 fully saturated rings. The summed E-state index contributed by atoms with van der Waals surface area (Å²) in [6, 6.07) is 18.1. The van der Waals surface area contributed by atoms with Gasteiger partial charge in [-0.1, -0.05) is 60.2 Å². The molecule has 2 unspecified atom stereocenters. The molecule has 1 amide bonds. The molecule has 1 N–H and O–H groups in total. The fraction of sp³-hybridized carbons (Fsp3) is 0.429. The molecule has 3 aromatic rings. The second-order valence-electron chi connectivity index (χ2n) is 9.76. The molecule has 0 spiro atoms. The van der Waals surface area contributed by atoms with E-state index >= 15 is 0 Å². The first-order valence-electron chi connectivity index (χ1n) is 12.4. The number of aryl methyl sites for hydroxylation is 1. The fourth-order valence-corrected chi connectivity index (χ4v) is 6.86. The first-order chi connectivity index (χ1) is 17.0. The smallest absolute Gasteiger partial charge is 0.246 e. The fourth-order valence-electron chi connectivity index (χ4n) is 5.21. The number of amides is 1. The van der Waals surface area contributed by atoms with Gasteiger partial charge in [-0.05, 0) is 50.9 Å². The molecule has 0 bridgehead atoms. The molecular formula is C28H34N4O2S. The lowest BCUT2D eigenvalue weighted by Gasteiger charge is -2.38. The zero-order chi connectivity index (χ0) is 24.4. The molecule has 0 aliphatic carbocycles. The van der Waals surface area contributed by atoms with Crippen LogP contribution in [0.3, 0.4) is 0 Å². The molecule has 2 aliphatic heterocycles. The molecule has 6 nitrogen and oxygen atoms in total. The zero-order valence-corrected chi connectivity index (χ0v) is 21.5. The SMILES string of the molecule is Cc1ccc(-c2cnc([C@@H]3CSC(C4CCOCC4)N3C(=O)C(c3ccccc3)N(C)C)[nH]2)cc1. The minimum absolute atomic E-state index is 0.0919. The number of carbonyl (C=O) groups is 1. The maximum absolute atomic E-state index is 14.3. The van der Waals surface area contributed by atoms with Crippen LogP contribution in [-0.2, 0) is 9.53 Å². The van der Waals surface area contributed by atoms with Crippen molar-refractivity contribution in [2.24, 2.45) is 5.92 Å². The van der Waals surface area contributed by atoms with Crippen molar-refractivity contribution in [3.63, 3.8) is 0 Å². The van der Waals surface area contributed by atoms with Gasteiger partial charge >= 0.3 is 0 Å². The Balaban J connectivity index is 1.49. The molecular weight excluding hydrogens is 456 g/mol. The lowest BCUT2D eigenvalue weighted by Crippen LogP contribution is -2.47. The first kappa shape index (κ1) is 24.1. The second kappa shape index (κ2) is 10.6. The molecule has 5 rings (SSSR count). The van der Waals surface area contributed by atoms with E-state index in [1.54, 1.807) is 0 Å². The van der Waals surface area contributed by atoms with Crippen molar-refractivity contribution < 1.29 is 9.53 Å². The number of thioether (sulfide) groups is 1. The summed E-state index contributed by atoms with van der Waals surface area (Å²) >= 11 is 1.89. The number of carbonyl (C=O) groups excluding carboxylic acids is 1. The number of benzene rings is 2. The molecule has 184 valence electrons. The minimum atomic E-state index is -0.341. The van der Waals surface area contributed by atoms with Crippen molar-refractivity contribution in [3.8, 4) is 11.3 Å². The van der Waals surface area contributed by atoms with Crippen LogP contribution in [0.4, 0.5) is 0 Å². The molecule has 35 heavy (non-hydrogen) atoms. The number of H-pyrrole nitrogens is 1. The lowest BCUT2D eigenvalue weighted by molar-refractivity contribution is -0.140. The van der Waals surface area contributed by atoms with Crippen molar-refractivity contribution in [2.45, 2.75) is 37.2 Å². The van der Waals surface area contributed by atoms with Crippen LogP contribution in [0.5, 0.6) is 0 Å². The van der Waals surface area contributed by atoms with Crippen LogP contribution in [0.1, 0.15) is 41.9 Å². The Morgan fingerprint density at radius 2 is 1.83 bits per heavy atom. The van der Waals surface area contributed by atoms with Crippen LogP contribution in [0, 0.1) is 12.8 Å². The van der Waals surface area contributed by atoms with Gasteiger partial charge in [0, 0.05) is 19.0 Å². The van der Waals surface area contributed by atoms with E-state index < -0.39 is 0 Å². The average molecular weight is 491 g/mol. The maximum Gasteiger partial charge on any atom is 0.246 e. The Labute approximate surface area is 212 Å². The number of likely N-dealkylation sites (N-methyl/N-ethyl adjacent to an activating group) is 1. The number of rotatable bonds is 6. The number of imidazole rings is 1. The van der Waals surface area contributed by atoms with Crippen LogP contribution in [-0.4, -0.2) is 64.1 Å². The largest absolute Gasteiger partial charge is 0.381 e. The number of nitrogens with one attached hydrogen (secondary N) is 1. The summed E-state index contributed by atoms with van der Waals surface area (Å²) in [5, 5.41) is 0.121. The van der Waals surface area contributed by atoms with Gasteiger partial charge < -0.3 is 14.6 Å². The third kappa shape index (κ3) is 5.03. The number of nitrogens with zero attached hydrogens (tertiary/aromatic N) is 3. The molecule has 2 saturated heterocycles. The second-order valence-corrected chi connectivity index (χ2v) is 10.9. The Hall–Kier alpha value is -2.61. The van der Waals surface area contributed by atoms with E-state index in [1.165, 1.54) is 5.56 Å². The molecule has 0 radical (unpaired) electrons. The molecule has 0 saturated carbocycles. The summed E-state index contributed by atoms with van der Waals surface area (Å²) in [6.45, 7) is 3.62. The van der Waals surface area contributed by atoms with Crippen LogP contribution in [0.2, 0.25) is 0 Å². The van der Waals surface area contributed by atoms with Crippen molar-refractivity contribution in [1.82, 2.24) is 19.8 Å². The lowest BCUT2D eigenvalue weighted by atomic mass is 9.97. The van der Waals surface area contributed by atoms with E-state index in [1.807, 2.05) is 67.3 Å². The van der Waals surface area contributed by atoms with Gasteiger partial charge in [-0.3, -0.25) is 9.69 Å². The third-order valence-electron chi connectivity index (χ3n) is 7.10. The molecule has 2 aromatic carbocycles. The van der Waals surface area contributed by atoms with E-state index in [0.717, 1.165) is 54.5 Å². The van der Waals surface area contributed by atoms with E-state index in [4.69, 9.17) is 9.72 Å². The highest BCUT2D eigenvalue weighted by Crippen LogP contribution is 2.45. The van der Waals surface area contributed by atoms with Gasteiger partial charge in [0.1, 0.15) is 17.9 Å². The molecule has 3 atom stereocenters. The van der Waals surface area contributed by atoms with Crippen molar-refractivity contribution in [3.05, 3.63) is 77.7 Å². The molecule has 2 aliphatic rings. The zero-order valence-electron chi connectivity index (χ0n) is 20.7. The van der Waals surface area contributed by atoms with Crippen LogP contribution in [0.25, 0.3) is 11.3 Å². The van der Waals surface area contributed by atoms with Crippen LogP contribution in [0.15, 0.2) is 60.8 Å². The molecule has 1 aromatic heterocycles. The van der Waals surface area contributed by atoms with Crippen LogP contribution >= 0.6 is 11.8 Å². The van der Waals surface area contributed by atoms with Gasteiger partial charge in [-0.15, -0.1) is 11.8 Å². The monoisotopic (exact) mass is 490 g/mol. The van der Waals surface area contributed by atoms with E-state index in [9.17, 15) is 4.79 Å². The van der Waals surface area contributed by atoms with Gasteiger partial charge in [-0.25, -0.2) is 4.98 Å². The topological polar surface area (TPSA) is 61.5 Å². The predicted molar refractivity (Wildman–Crippen MR) is 141 cm³/mol. The van der Waals surface area contributed by atoms with Crippen molar-refractivity contribution in [1.29, 1.82) is 0 Å². The third-order valence-corrected chi connectivity index (χ3v) is 8.56. The van der Waals surface area contributed by atoms with Crippen molar-refractivity contribution >= 4 is 17.7 Å². The van der Waals surface area contributed by atoms with Gasteiger partial charge in [0.2, 0.25) is 5.91 Å². The van der Waals surface area contributed by atoms with Gasteiger partial charge in [0.15, 0.2) is 0 Å². The van der Waals surface area contributed by atoms with E-state index in [2.05, 4.69) is 41.1 Å². The summed E-state index contributed by atoms with van der Waals surface area (Å²) < 4.78 is 5.64. The summed E-state index contributed by atoms with van der Waals surface area (Å²) in [4.78, 5) is 26.8. The molecule has 3 heterocycles. The van der Waals surface area contributed by atoms with E-state index in [0.29, 0.717) is 5.92 Å². The Bertz CT molecular complexity index is 1130. The van der Waals surface area contributed by atoms with Gasteiger partial charge in [-0.2, -0.15) is 0 Å². The highest BCUT2D eigenvalue weighted by Gasteiger charge is 2.46.